The summed E-state index contributed by atoms with van der Waals surface area (Å²) in [5.74, 6) is 0. The van der Waals surface area contributed by atoms with Gasteiger partial charge in [-0.1, -0.05) is 12.1 Å². The highest BCUT2D eigenvalue weighted by atomic mass is 19.4. The number of ether oxygens (including phenoxy) is 2. The minimum absolute atomic E-state index is 0.0192. The van der Waals surface area contributed by atoms with Crippen LogP contribution in [0, 0.1) is 12.3 Å². The van der Waals surface area contributed by atoms with Crippen LogP contribution in [0.5, 0.6) is 0 Å². The molecule has 0 unspecified atom stereocenters. The maximum absolute atomic E-state index is 14.4. The maximum atomic E-state index is 14.4. The van der Waals surface area contributed by atoms with E-state index in [1.54, 1.807) is 33.0 Å². The first-order valence-corrected chi connectivity index (χ1v) is 16.1. The highest BCUT2D eigenvalue weighted by molar-refractivity contribution is 5.70. The molecule has 0 amide bonds. The first-order chi connectivity index (χ1) is 22.1. The monoisotopic (exact) mass is 651 g/mol. The van der Waals surface area contributed by atoms with Crippen LogP contribution in [0.2, 0.25) is 0 Å². The van der Waals surface area contributed by atoms with E-state index in [0.29, 0.717) is 30.9 Å². The van der Waals surface area contributed by atoms with E-state index in [4.69, 9.17) is 14.6 Å². The molecule has 250 valence electrons. The predicted molar refractivity (Wildman–Crippen MR) is 169 cm³/mol. The Kier molecular flexibility index (Phi) is 7.29. The Balaban J connectivity index is 1.28. The average molecular weight is 652 g/mol. The van der Waals surface area contributed by atoms with Gasteiger partial charge in [0, 0.05) is 43.6 Å². The molecule has 4 aromatic rings. The molecule has 0 N–H and O–H groups in total. The predicted octanol–water partition coefficient (Wildman–Crippen LogP) is 6.48. The number of carbonyl (C=O) groups is 1. The van der Waals surface area contributed by atoms with Gasteiger partial charge in [0.1, 0.15) is 5.60 Å². The topological polar surface area (TPSA) is 83.0 Å². The van der Waals surface area contributed by atoms with E-state index in [-0.39, 0.29) is 23.6 Å². The third kappa shape index (κ3) is 5.79. The zero-order valence-electron chi connectivity index (χ0n) is 27.4. The number of benzene rings is 1. The molecule has 3 aromatic heterocycles. The van der Waals surface area contributed by atoms with E-state index >= 15 is 0 Å². The molecule has 47 heavy (non-hydrogen) atoms. The number of alkyl halides is 3. The Morgan fingerprint density at radius 3 is 2.51 bits per heavy atom. The molecule has 1 aromatic carbocycles. The fourth-order valence-corrected chi connectivity index (χ4v) is 7.59. The number of pyridine rings is 1. The third-order valence-electron chi connectivity index (χ3n) is 9.78. The van der Waals surface area contributed by atoms with Crippen molar-refractivity contribution in [2.75, 3.05) is 19.7 Å². The molecule has 1 aliphatic heterocycles. The smallest absolute Gasteiger partial charge is 0.435 e. The highest BCUT2D eigenvalue weighted by Crippen LogP contribution is 2.71. The second-order valence-corrected chi connectivity index (χ2v) is 14.8. The fourth-order valence-electron chi connectivity index (χ4n) is 7.59. The second-order valence-electron chi connectivity index (χ2n) is 14.8. The van der Waals surface area contributed by atoms with Crippen LogP contribution in [0.25, 0.3) is 11.2 Å². The SMILES string of the molecule is Cc1cn(C(=O)OC(C)(C)C)nc1C1(c2cccc(-n3cc4c(C(F)(F)F)cc(CN5CCO[C@H](C)C5)cn4c3=O)c2)CC2(CC2)C1. The number of hydrogen-bond donors (Lipinski definition) is 0. The third-order valence-corrected chi connectivity index (χ3v) is 9.78. The van der Waals surface area contributed by atoms with Gasteiger partial charge < -0.3 is 9.47 Å². The van der Waals surface area contributed by atoms with Crippen LogP contribution >= 0.6 is 0 Å². The van der Waals surface area contributed by atoms with Crippen molar-refractivity contribution >= 4 is 11.6 Å². The van der Waals surface area contributed by atoms with Gasteiger partial charge in [0.25, 0.3) is 0 Å². The number of carbonyl (C=O) groups excluding carboxylic acids is 1. The number of fused-ring (bicyclic) bond motifs is 1. The van der Waals surface area contributed by atoms with Gasteiger partial charge in [-0.05, 0) is 101 Å². The van der Waals surface area contributed by atoms with E-state index < -0.39 is 34.5 Å². The molecule has 12 heteroatoms. The fraction of sp³-hybridized carbons (Fsp3) is 0.514. The normalized spacial score (nSPS) is 20.8. The van der Waals surface area contributed by atoms with E-state index in [1.165, 1.54) is 21.6 Å². The average Bonchev–Trinajstić information content (AvgIpc) is 3.55. The Bertz CT molecular complexity index is 1920. The number of hydrogen-bond acceptors (Lipinski definition) is 6. The minimum atomic E-state index is -4.65. The van der Waals surface area contributed by atoms with E-state index in [2.05, 4.69) is 0 Å². The highest BCUT2D eigenvalue weighted by Gasteiger charge is 2.63. The zero-order valence-corrected chi connectivity index (χ0v) is 27.4. The van der Waals surface area contributed by atoms with Gasteiger partial charge in [-0.3, -0.25) is 13.9 Å². The molecule has 0 radical (unpaired) electrons. The summed E-state index contributed by atoms with van der Waals surface area (Å²) < 4.78 is 58.0. The van der Waals surface area contributed by atoms with Crippen LogP contribution in [-0.2, 0) is 27.6 Å². The van der Waals surface area contributed by atoms with E-state index in [1.807, 2.05) is 36.9 Å². The molecule has 0 bridgehead atoms. The van der Waals surface area contributed by atoms with Crippen molar-refractivity contribution in [3.05, 3.63) is 87.4 Å². The number of halogens is 3. The summed E-state index contributed by atoms with van der Waals surface area (Å²) in [6, 6.07) is 8.57. The quantitative estimate of drug-likeness (QED) is 0.246. The van der Waals surface area contributed by atoms with Crippen LogP contribution in [0.3, 0.4) is 0 Å². The lowest BCUT2D eigenvalue weighted by Gasteiger charge is -2.48. The lowest BCUT2D eigenvalue weighted by molar-refractivity contribution is -0.136. The molecule has 1 spiro atoms. The molecule has 7 rings (SSSR count). The summed E-state index contributed by atoms with van der Waals surface area (Å²) in [6.07, 6.45) is 3.17. The van der Waals surface area contributed by atoms with E-state index in [0.717, 1.165) is 53.0 Å². The first-order valence-electron chi connectivity index (χ1n) is 16.1. The Morgan fingerprint density at radius 2 is 1.85 bits per heavy atom. The van der Waals surface area contributed by atoms with Gasteiger partial charge in [-0.15, -0.1) is 0 Å². The number of aryl methyl sites for hydroxylation is 1. The number of aromatic nitrogens is 4. The molecule has 3 fully saturated rings. The molecule has 2 aliphatic carbocycles. The molecule has 1 atom stereocenters. The Hall–Kier alpha value is -3.90. The number of nitrogens with zero attached hydrogens (tertiary/aromatic N) is 5. The van der Waals surface area contributed by atoms with Gasteiger partial charge in [0.2, 0.25) is 0 Å². The zero-order chi connectivity index (χ0) is 33.5. The standard InChI is InChI=1S/C35H40F3N5O4/c1-22-15-43(31(45)47-32(3,4)5)39-29(22)34(20-33(21-34)9-10-33)25-7-6-8-26(14-25)41-19-28-27(35(36,37)38)13-24(18-42(28)30(41)44)17-40-11-12-46-23(2)16-40/h6-8,13-15,18-19,23H,9-12,16-17,20-21H2,1-5H3/t23-/m1/s1. The van der Waals surface area contributed by atoms with E-state index in [9.17, 15) is 22.8 Å². The van der Waals surface area contributed by atoms with Gasteiger partial charge >= 0.3 is 18.0 Å². The summed E-state index contributed by atoms with van der Waals surface area (Å²) >= 11 is 0. The Labute approximate surface area is 270 Å². The summed E-state index contributed by atoms with van der Waals surface area (Å²) in [6.45, 7) is 11.2. The van der Waals surface area contributed by atoms with Crippen molar-refractivity contribution in [2.24, 2.45) is 5.41 Å². The molecule has 3 aliphatic rings. The summed E-state index contributed by atoms with van der Waals surface area (Å²) in [4.78, 5) is 28.8. The maximum Gasteiger partial charge on any atom is 0.435 e. The first kappa shape index (κ1) is 31.7. The van der Waals surface area contributed by atoms with Crippen molar-refractivity contribution < 1.29 is 27.4 Å². The summed E-state index contributed by atoms with van der Waals surface area (Å²) in [5.41, 5.74) is 0.820. The van der Waals surface area contributed by atoms with Crippen molar-refractivity contribution in [1.29, 1.82) is 0 Å². The second kappa shape index (κ2) is 10.8. The minimum Gasteiger partial charge on any atom is -0.442 e. The van der Waals surface area contributed by atoms with Gasteiger partial charge in [0.05, 0.1) is 35.2 Å². The van der Waals surface area contributed by atoms with Crippen molar-refractivity contribution in [3.8, 4) is 5.69 Å². The van der Waals surface area contributed by atoms with Gasteiger partial charge in [-0.2, -0.15) is 23.0 Å². The van der Waals surface area contributed by atoms with Crippen molar-refractivity contribution in [2.45, 2.75) is 90.1 Å². The van der Waals surface area contributed by atoms with Crippen molar-refractivity contribution in [3.63, 3.8) is 0 Å². The molecular weight excluding hydrogens is 611 g/mol. The van der Waals surface area contributed by atoms with Crippen LogP contribution in [0.15, 0.2) is 53.7 Å². The van der Waals surface area contributed by atoms with Crippen LogP contribution in [-0.4, -0.2) is 61.1 Å². The largest absolute Gasteiger partial charge is 0.442 e. The summed E-state index contributed by atoms with van der Waals surface area (Å²) in [5, 5.41) is 4.75. The molecule has 9 nitrogen and oxygen atoms in total. The summed E-state index contributed by atoms with van der Waals surface area (Å²) in [7, 11) is 0. The lowest BCUT2D eigenvalue weighted by Crippen LogP contribution is -2.44. The van der Waals surface area contributed by atoms with Gasteiger partial charge in [-0.25, -0.2) is 9.59 Å². The molecule has 1 saturated heterocycles. The molecule has 2 saturated carbocycles. The van der Waals surface area contributed by atoms with Crippen LogP contribution in [0.1, 0.15) is 81.3 Å². The molecular formula is C35H40F3N5O4. The molecule has 4 heterocycles. The number of imidazole rings is 1. The number of rotatable bonds is 5. The van der Waals surface area contributed by atoms with Gasteiger partial charge in [0.15, 0.2) is 0 Å². The lowest BCUT2D eigenvalue weighted by atomic mass is 9.54. The van der Waals surface area contributed by atoms with Crippen molar-refractivity contribution in [1.82, 2.24) is 23.6 Å². The van der Waals surface area contributed by atoms with Crippen LogP contribution in [0.4, 0.5) is 18.0 Å². The van der Waals surface area contributed by atoms with Crippen LogP contribution < -0.4 is 5.69 Å². The number of morpholine rings is 1. The Morgan fingerprint density at radius 1 is 1.11 bits per heavy atom.